The maximum absolute atomic E-state index is 13.2. The van der Waals surface area contributed by atoms with Crippen molar-refractivity contribution in [2.24, 2.45) is 0 Å². The number of rotatable bonds is 5. The van der Waals surface area contributed by atoms with E-state index in [0.29, 0.717) is 34.1 Å². The lowest BCUT2D eigenvalue weighted by atomic mass is 10.0. The van der Waals surface area contributed by atoms with Gasteiger partial charge in [0.2, 0.25) is 0 Å². The van der Waals surface area contributed by atoms with E-state index in [1.807, 2.05) is 39.8 Å². The van der Waals surface area contributed by atoms with E-state index in [-0.39, 0.29) is 16.5 Å². The van der Waals surface area contributed by atoms with Crippen molar-refractivity contribution in [2.45, 2.75) is 38.1 Å². The Labute approximate surface area is 235 Å². The zero-order chi connectivity index (χ0) is 28.4. The Kier molecular flexibility index (Phi) is 8.52. The summed E-state index contributed by atoms with van der Waals surface area (Å²) in [5, 5.41) is 8.06. The molecule has 1 N–H and O–H groups in total. The van der Waals surface area contributed by atoms with Crippen molar-refractivity contribution in [3.05, 3.63) is 64.3 Å². The Morgan fingerprint density at radius 3 is 2.38 bits per heavy atom. The van der Waals surface area contributed by atoms with Crippen LogP contribution >= 0.6 is 11.6 Å². The lowest BCUT2D eigenvalue weighted by Crippen LogP contribution is -2.41. The summed E-state index contributed by atoms with van der Waals surface area (Å²) in [5.74, 6) is 6.06. The summed E-state index contributed by atoms with van der Waals surface area (Å²) in [6.45, 7) is 11.4. The minimum atomic E-state index is -3.36. The van der Waals surface area contributed by atoms with Gasteiger partial charge in [0.1, 0.15) is 0 Å². The molecule has 0 bridgehead atoms. The van der Waals surface area contributed by atoms with Crippen LogP contribution in [0.25, 0.3) is 16.9 Å². The van der Waals surface area contributed by atoms with Gasteiger partial charge in [-0.05, 0) is 58.0 Å². The third kappa shape index (κ3) is 7.08. The second kappa shape index (κ2) is 11.5. The molecular formula is C29H33ClN4O4S. The number of carbonyl (C=O) groups is 1. The fourth-order valence-electron chi connectivity index (χ4n) is 4.25. The molecule has 3 aromatic rings. The van der Waals surface area contributed by atoms with Crippen LogP contribution in [0, 0.1) is 18.8 Å². The monoisotopic (exact) mass is 568 g/mol. The number of sulfone groups is 1. The first-order valence-electron chi connectivity index (χ1n) is 12.6. The molecule has 1 aliphatic heterocycles. The molecule has 0 spiro atoms. The zero-order valence-electron chi connectivity index (χ0n) is 22.8. The highest BCUT2D eigenvalue weighted by Gasteiger charge is 2.25. The fraction of sp³-hybridized carbons (Fsp3) is 0.379. The van der Waals surface area contributed by atoms with E-state index in [0.717, 1.165) is 38.1 Å². The Morgan fingerprint density at radius 2 is 1.79 bits per heavy atom. The Bertz CT molecular complexity index is 1540. The number of aromatic nitrogens is 2. The van der Waals surface area contributed by atoms with Crippen LogP contribution in [0.4, 0.5) is 0 Å². The molecule has 1 amide bonds. The summed E-state index contributed by atoms with van der Waals surface area (Å²) in [6, 6.07) is 12.0. The molecule has 0 atom stereocenters. The summed E-state index contributed by atoms with van der Waals surface area (Å²) < 4.78 is 31.0. The third-order valence-electron chi connectivity index (χ3n) is 6.20. The minimum Gasteiger partial charge on any atom is -0.379 e. The number of amides is 1. The van der Waals surface area contributed by atoms with Gasteiger partial charge < -0.3 is 10.1 Å². The maximum Gasteiger partial charge on any atom is 0.272 e. The van der Waals surface area contributed by atoms with Crippen molar-refractivity contribution in [1.29, 1.82) is 0 Å². The Balaban J connectivity index is 1.74. The number of morpholine rings is 1. The van der Waals surface area contributed by atoms with Crippen molar-refractivity contribution >= 4 is 27.3 Å². The molecular weight excluding hydrogens is 536 g/mol. The van der Waals surface area contributed by atoms with Crippen LogP contribution in [-0.4, -0.2) is 73.6 Å². The highest BCUT2D eigenvalue weighted by molar-refractivity contribution is 7.90. The van der Waals surface area contributed by atoms with E-state index in [9.17, 15) is 13.2 Å². The number of hydrogen-bond donors (Lipinski definition) is 1. The number of nitrogens with one attached hydrogen (secondary N) is 1. The maximum atomic E-state index is 13.2. The highest BCUT2D eigenvalue weighted by atomic mass is 35.5. The number of halogens is 1. The number of hydrogen-bond acceptors (Lipinski definition) is 6. The van der Waals surface area contributed by atoms with Crippen LogP contribution in [0.2, 0.25) is 5.02 Å². The topological polar surface area (TPSA) is 93.5 Å². The van der Waals surface area contributed by atoms with E-state index in [1.54, 1.807) is 35.0 Å². The molecule has 1 aliphatic rings. The molecule has 0 unspecified atom stereocenters. The van der Waals surface area contributed by atoms with Crippen LogP contribution in [0.3, 0.4) is 0 Å². The SMILES string of the molecule is Cc1c(C(=O)NC(C)(C)C)nn(-c2ccc(C#CCN3CCOCC3)cc2Cl)c1-c1ccc(S(C)(=O)=O)cc1. The highest BCUT2D eigenvalue weighted by Crippen LogP contribution is 2.32. The average Bonchev–Trinajstić information content (AvgIpc) is 3.20. The predicted octanol–water partition coefficient (Wildman–Crippen LogP) is 4.12. The molecule has 2 heterocycles. The van der Waals surface area contributed by atoms with Gasteiger partial charge in [-0.2, -0.15) is 5.10 Å². The molecule has 206 valence electrons. The molecule has 0 saturated carbocycles. The van der Waals surface area contributed by atoms with Crippen LogP contribution < -0.4 is 5.32 Å². The molecule has 10 heteroatoms. The van der Waals surface area contributed by atoms with Gasteiger partial charge in [-0.15, -0.1) is 0 Å². The van der Waals surface area contributed by atoms with Gasteiger partial charge in [0.25, 0.3) is 5.91 Å². The van der Waals surface area contributed by atoms with Crippen LogP contribution in [0.5, 0.6) is 0 Å². The van der Waals surface area contributed by atoms with Gasteiger partial charge in [0, 0.05) is 41.6 Å². The molecule has 39 heavy (non-hydrogen) atoms. The molecule has 1 fully saturated rings. The number of ether oxygens (including phenoxy) is 1. The normalized spacial score (nSPS) is 14.5. The fourth-order valence-corrected chi connectivity index (χ4v) is 5.14. The van der Waals surface area contributed by atoms with E-state index in [2.05, 4.69) is 27.2 Å². The van der Waals surface area contributed by atoms with E-state index < -0.39 is 15.4 Å². The summed E-state index contributed by atoms with van der Waals surface area (Å²) >= 11 is 6.75. The van der Waals surface area contributed by atoms with Gasteiger partial charge in [0.05, 0.1) is 41.1 Å². The second-order valence-corrected chi connectivity index (χ2v) is 13.0. The second-order valence-electron chi connectivity index (χ2n) is 10.6. The first kappa shape index (κ1) is 28.8. The third-order valence-corrected chi connectivity index (χ3v) is 7.63. The van der Waals surface area contributed by atoms with Crippen molar-refractivity contribution in [2.75, 3.05) is 39.1 Å². The van der Waals surface area contributed by atoms with Crippen molar-refractivity contribution < 1.29 is 17.9 Å². The molecule has 4 rings (SSSR count). The molecule has 2 aromatic carbocycles. The molecule has 1 saturated heterocycles. The summed E-state index contributed by atoms with van der Waals surface area (Å²) in [4.78, 5) is 15.6. The van der Waals surface area contributed by atoms with Gasteiger partial charge >= 0.3 is 0 Å². The lowest BCUT2D eigenvalue weighted by molar-refractivity contribution is 0.0443. The smallest absolute Gasteiger partial charge is 0.272 e. The van der Waals surface area contributed by atoms with Gasteiger partial charge in [-0.1, -0.05) is 35.6 Å². The first-order chi connectivity index (χ1) is 18.3. The van der Waals surface area contributed by atoms with Gasteiger partial charge in [0.15, 0.2) is 15.5 Å². The molecule has 8 nitrogen and oxygen atoms in total. The summed E-state index contributed by atoms with van der Waals surface area (Å²) in [5.41, 5.74) is 3.15. The Morgan fingerprint density at radius 1 is 1.13 bits per heavy atom. The molecule has 0 aliphatic carbocycles. The largest absolute Gasteiger partial charge is 0.379 e. The van der Waals surface area contributed by atoms with Crippen LogP contribution in [0.15, 0.2) is 47.4 Å². The predicted molar refractivity (Wildman–Crippen MR) is 153 cm³/mol. The number of carbonyl (C=O) groups excluding carboxylic acids is 1. The summed E-state index contributed by atoms with van der Waals surface area (Å²) in [6.07, 6.45) is 1.16. The molecule has 0 radical (unpaired) electrons. The van der Waals surface area contributed by atoms with Gasteiger partial charge in [-0.25, -0.2) is 13.1 Å². The quantitative estimate of drug-likeness (QED) is 0.466. The number of benzene rings is 2. The van der Waals surface area contributed by atoms with E-state index >= 15 is 0 Å². The van der Waals surface area contributed by atoms with E-state index in [1.165, 1.54) is 0 Å². The van der Waals surface area contributed by atoms with E-state index in [4.69, 9.17) is 16.3 Å². The zero-order valence-corrected chi connectivity index (χ0v) is 24.4. The molecule has 1 aromatic heterocycles. The first-order valence-corrected chi connectivity index (χ1v) is 14.9. The van der Waals surface area contributed by atoms with Crippen molar-refractivity contribution in [3.63, 3.8) is 0 Å². The lowest BCUT2D eigenvalue weighted by Gasteiger charge is -2.24. The minimum absolute atomic E-state index is 0.207. The number of nitrogens with zero attached hydrogens (tertiary/aromatic N) is 3. The van der Waals surface area contributed by atoms with Crippen molar-refractivity contribution in [3.8, 4) is 28.8 Å². The van der Waals surface area contributed by atoms with Crippen LogP contribution in [-0.2, 0) is 14.6 Å². The van der Waals surface area contributed by atoms with Crippen molar-refractivity contribution in [1.82, 2.24) is 20.0 Å². The summed E-state index contributed by atoms with van der Waals surface area (Å²) in [7, 11) is -3.36. The Hall–Kier alpha value is -3.16. The van der Waals surface area contributed by atoms with Crippen LogP contribution in [0.1, 0.15) is 42.4 Å². The average molecular weight is 569 g/mol. The standard InChI is InChI=1S/C29H33ClN4O4S/c1-20-26(28(35)31-29(2,3)4)32-34(27(20)22-9-11-23(12-10-22)39(5,36)37)25-13-8-21(19-24(25)30)7-6-14-33-15-17-38-18-16-33/h8-13,19H,14-18H2,1-5H3,(H,31,35). The van der Waals surface area contributed by atoms with Gasteiger partial charge in [-0.3, -0.25) is 9.69 Å².